The van der Waals surface area contributed by atoms with Gasteiger partial charge in [-0.1, -0.05) is 0 Å². The molecule has 0 atom stereocenters. The van der Waals surface area contributed by atoms with Crippen LogP contribution in [0.1, 0.15) is 12.1 Å². The maximum Gasteiger partial charge on any atom is 0.435 e. The fraction of sp³-hybridized carbons (Fsp3) is 0.267. The zero-order chi connectivity index (χ0) is 20.2. The number of pyridine rings is 2. The zero-order valence-electron chi connectivity index (χ0n) is 13.2. The summed E-state index contributed by atoms with van der Waals surface area (Å²) in [7, 11) is 0. The number of rotatable bonds is 4. The number of carbonyl (C=O) groups excluding carboxylic acids is 1. The third-order valence-electron chi connectivity index (χ3n) is 3.02. The molecule has 0 aromatic carbocycles. The minimum Gasteiger partial charge on any atom is -0.449 e. The average molecular weight is 397 g/mol. The van der Waals surface area contributed by atoms with Crippen LogP contribution in [0.5, 0.6) is 0 Å². The van der Waals surface area contributed by atoms with Crippen molar-refractivity contribution in [1.82, 2.24) is 9.97 Å². The Balaban J connectivity index is 2.22. The van der Waals surface area contributed by atoms with Gasteiger partial charge in [-0.3, -0.25) is 10.3 Å². The zero-order valence-corrected chi connectivity index (χ0v) is 13.2. The summed E-state index contributed by atoms with van der Waals surface area (Å²) < 4.78 is 92.9. The number of carbonyl (C=O) groups is 1. The van der Waals surface area contributed by atoms with E-state index in [1.54, 1.807) is 5.32 Å². The average Bonchev–Trinajstić information content (AvgIpc) is 2.53. The van der Waals surface area contributed by atoms with Crippen molar-refractivity contribution >= 4 is 11.8 Å². The Morgan fingerprint density at radius 1 is 1.11 bits per heavy atom. The van der Waals surface area contributed by atoms with E-state index in [1.807, 2.05) is 0 Å². The molecule has 0 aliphatic heterocycles. The van der Waals surface area contributed by atoms with E-state index in [-0.39, 0.29) is 11.3 Å². The number of halogens is 7. The van der Waals surface area contributed by atoms with Gasteiger partial charge in [-0.05, 0) is 18.2 Å². The summed E-state index contributed by atoms with van der Waals surface area (Å²) in [5, 5.41) is 1.69. The smallest absolute Gasteiger partial charge is 0.435 e. The molecule has 0 aliphatic carbocycles. The molecule has 5 nitrogen and oxygen atoms in total. The lowest BCUT2D eigenvalue weighted by Crippen LogP contribution is -2.21. The first kappa shape index (κ1) is 20.4. The standard InChI is InChI=1S/C15H10F7N3O2/c16-9-5-8(6-23-7-9)10-1-2-11(12(24-10)15(20,21)22)25-13(26)27-4-3-14(17,18)19/h1-2,5-7H,3-4H2,(H,25,26). The molecule has 27 heavy (non-hydrogen) atoms. The van der Waals surface area contributed by atoms with Gasteiger partial charge < -0.3 is 4.74 Å². The van der Waals surface area contributed by atoms with Gasteiger partial charge in [0, 0.05) is 11.8 Å². The van der Waals surface area contributed by atoms with Crippen LogP contribution in [0.3, 0.4) is 0 Å². The molecule has 0 aliphatic rings. The van der Waals surface area contributed by atoms with Crippen LogP contribution in [0.25, 0.3) is 11.3 Å². The number of anilines is 1. The van der Waals surface area contributed by atoms with Crippen molar-refractivity contribution < 1.29 is 40.3 Å². The predicted octanol–water partition coefficient (Wildman–Crippen LogP) is 4.80. The summed E-state index contributed by atoms with van der Waals surface area (Å²) in [6.45, 7) is -1.06. The number of nitrogens with zero attached hydrogens (tertiary/aromatic N) is 2. The van der Waals surface area contributed by atoms with Gasteiger partial charge in [-0.15, -0.1) is 0 Å². The Hall–Kier alpha value is -2.92. The minimum atomic E-state index is -5.01. The molecule has 0 spiro atoms. The molecular weight excluding hydrogens is 387 g/mol. The van der Waals surface area contributed by atoms with Crippen LogP contribution in [0.4, 0.5) is 41.2 Å². The van der Waals surface area contributed by atoms with Gasteiger partial charge in [-0.2, -0.15) is 26.3 Å². The summed E-state index contributed by atoms with van der Waals surface area (Å²) in [6, 6.07) is 2.78. The summed E-state index contributed by atoms with van der Waals surface area (Å²) in [5.41, 5.74) is -2.67. The van der Waals surface area contributed by atoms with E-state index in [0.29, 0.717) is 0 Å². The van der Waals surface area contributed by atoms with Gasteiger partial charge >= 0.3 is 18.4 Å². The van der Waals surface area contributed by atoms with Crippen molar-refractivity contribution in [2.75, 3.05) is 11.9 Å². The Bertz CT molecular complexity index is 822. The lowest BCUT2D eigenvalue weighted by atomic mass is 10.1. The highest BCUT2D eigenvalue weighted by Crippen LogP contribution is 2.35. The minimum absolute atomic E-state index is 0.0418. The van der Waals surface area contributed by atoms with Gasteiger partial charge in [0.15, 0.2) is 5.69 Å². The third kappa shape index (κ3) is 6.08. The third-order valence-corrected chi connectivity index (χ3v) is 3.02. The molecule has 2 rings (SSSR count). The Morgan fingerprint density at radius 3 is 2.41 bits per heavy atom. The monoisotopic (exact) mass is 397 g/mol. The van der Waals surface area contributed by atoms with Crippen LogP contribution in [0.15, 0.2) is 30.6 Å². The fourth-order valence-corrected chi connectivity index (χ4v) is 1.89. The molecular formula is C15H10F7N3O2. The first-order valence-electron chi connectivity index (χ1n) is 7.15. The molecule has 2 heterocycles. The molecule has 0 fully saturated rings. The van der Waals surface area contributed by atoms with E-state index in [0.717, 1.165) is 30.6 Å². The number of ether oxygens (including phenoxy) is 1. The van der Waals surface area contributed by atoms with Gasteiger partial charge in [0.25, 0.3) is 0 Å². The number of amides is 1. The first-order chi connectivity index (χ1) is 12.5. The van der Waals surface area contributed by atoms with Crippen LogP contribution < -0.4 is 5.32 Å². The summed E-state index contributed by atoms with van der Waals surface area (Å²) in [5.74, 6) is -0.793. The van der Waals surface area contributed by atoms with Crippen molar-refractivity contribution in [2.45, 2.75) is 18.8 Å². The van der Waals surface area contributed by atoms with Crippen LogP contribution in [-0.2, 0) is 10.9 Å². The molecule has 2 aromatic rings. The van der Waals surface area contributed by atoms with Gasteiger partial charge in [0.2, 0.25) is 0 Å². The summed E-state index contributed by atoms with van der Waals surface area (Å²) in [6.07, 6.45) is -10.6. The second kappa shape index (κ2) is 7.76. The van der Waals surface area contributed by atoms with Crippen LogP contribution in [-0.4, -0.2) is 28.8 Å². The Kier molecular flexibility index (Phi) is 5.86. The normalized spacial score (nSPS) is 12.0. The molecule has 0 saturated carbocycles. The van der Waals surface area contributed by atoms with Crippen LogP contribution in [0.2, 0.25) is 0 Å². The number of hydrogen-bond acceptors (Lipinski definition) is 4. The molecule has 1 N–H and O–H groups in total. The van der Waals surface area contributed by atoms with E-state index in [1.165, 1.54) is 0 Å². The first-order valence-corrected chi connectivity index (χ1v) is 7.15. The molecule has 1 amide bonds. The number of alkyl halides is 6. The number of nitrogens with one attached hydrogen (secondary N) is 1. The molecule has 0 bridgehead atoms. The van der Waals surface area contributed by atoms with Gasteiger partial charge in [0.1, 0.15) is 12.4 Å². The second-order valence-corrected chi connectivity index (χ2v) is 5.11. The number of hydrogen-bond donors (Lipinski definition) is 1. The summed E-state index contributed by atoms with van der Waals surface area (Å²) >= 11 is 0. The van der Waals surface area contributed by atoms with E-state index in [2.05, 4.69) is 14.7 Å². The largest absolute Gasteiger partial charge is 0.449 e. The van der Waals surface area contributed by atoms with E-state index in [4.69, 9.17) is 0 Å². The fourth-order valence-electron chi connectivity index (χ4n) is 1.89. The summed E-state index contributed by atoms with van der Waals surface area (Å²) in [4.78, 5) is 18.3. The van der Waals surface area contributed by atoms with Crippen LogP contribution in [0, 0.1) is 5.82 Å². The van der Waals surface area contributed by atoms with Crippen molar-refractivity contribution in [3.8, 4) is 11.3 Å². The molecule has 0 unspecified atom stereocenters. The molecule has 12 heteroatoms. The second-order valence-electron chi connectivity index (χ2n) is 5.11. The molecule has 146 valence electrons. The number of aromatic nitrogens is 2. The van der Waals surface area contributed by atoms with E-state index >= 15 is 0 Å². The van der Waals surface area contributed by atoms with Gasteiger partial charge in [-0.25, -0.2) is 14.2 Å². The Labute approximate surface area is 147 Å². The maximum absolute atomic E-state index is 13.2. The van der Waals surface area contributed by atoms with Crippen molar-refractivity contribution in [1.29, 1.82) is 0 Å². The van der Waals surface area contributed by atoms with Crippen molar-refractivity contribution in [3.05, 3.63) is 42.1 Å². The molecule has 0 saturated heterocycles. The lowest BCUT2D eigenvalue weighted by Gasteiger charge is -2.14. The molecule has 2 aromatic heterocycles. The quantitative estimate of drug-likeness (QED) is 0.753. The maximum atomic E-state index is 13.2. The van der Waals surface area contributed by atoms with E-state index in [9.17, 15) is 35.5 Å². The van der Waals surface area contributed by atoms with Crippen molar-refractivity contribution in [3.63, 3.8) is 0 Å². The highest BCUT2D eigenvalue weighted by atomic mass is 19.4. The highest BCUT2D eigenvalue weighted by molar-refractivity contribution is 5.85. The lowest BCUT2D eigenvalue weighted by molar-refractivity contribution is -0.141. The predicted molar refractivity (Wildman–Crippen MR) is 78.1 cm³/mol. The molecule has 0 radical (unpaired) electrons. The van der Waals surface area contributed by atoms with Crippen LogP contribution >= 0.6 is 0 Å². The van der Waals surface area contributed by atoms with E-state index < -0.39 is 48.7 Å². The Morgan fingerprint density at radius 2 is 1.81 bits per heavy atom. The topological polar surface area (TPSA) is 64.1 Å². The van der Waals surface area contributed by atoms with Gasteiger partial charge in [0.05, 0.1) is 24.0 Å². The highest BCUT2D eigenvalue weighted by Gasteiger charge is 2.36. The SMILES string of the molecule is O=C(Nc1ccc(-c2cncc(F)c2)nc1C(F)(F)F)OCCC(F)(F)F. The van der Waals surface area contributed by atoms with Crippen molar-refractivity contribution in [2.24, 2.45) is 0 Å².